The van der Waals surface area contributed by atoms with Gasteiger partial charge in [-0.05, 0) is 24.6 Å². The molecule has 1 aliphatic heterocycles. The Bertz CT molecular complexity index is 613. The summed E-state index contributed by atoms with van der Waals surface area (Å²) in [4.78, 5) is 4.55. The van der Waals surface area contributed by atoms with E-state index in [4.69, 9.17) is 4.74 Å². The fourth-order valence-electron chi connectivity index (χ4n) is 1.99. The number of ether oxygens (including phenoxy) is 1. The van der Waals surface area contributed by atoms with Crippen LogP contribution in [0.25, 0.3) is 0 Å². The van der Waals surface area contributed by atoms with Gasteiger partial charge in [0, 0.05) is 26.2 Å². The molecule has 22 heavy (non-hydrogen) atoms. The zero-order chi connectivity index (χ0) is 16.0. The van der Waals surface area contributed by atoms with Gasteiger partial charge in [-0.1, -0.05) is 12.1 Å². The highest BCUT2D eigenvalue weighted by atomic mass is 32.2. The second-order valence-electron chi connectivity index (χ2n) is 5.12. The SMILES string of the molecule is COCCNS(=O)(=O)c1ccc(CNC2=NCC(C)N2)cc1. The summed E-state index contributed by atoms with van der Waals surface area (Å²) in [6.45, 7) is 4.03. The molecule has 122 valence electrons. The molecule has 0 spiro atoms. The molecule has 1 aromatic carbocycles. The molecule has 7 nitrogen and oxygen atoms in total. The monoisotopic (exact) mass is 326 g/mol. The van der Waals surface area contributed by atoms with E-state index in [2.05, 4.69) is 27.3 Å². The third kappa shape index (κ3) is 4.69. The molecule has 0 radical (unpaired) electrons. The molecule has 2 rings (SSSR count). The standard InChI is InChI=1S/C14H22N4O3S/c1-11-9-15-14(18-11)16-10-12-3-5-13(6-4-12)22(19,20)17-7-8-21-2/h3-6,11,17H,7-10H2,1-2H3,(H2,15,16,18). The van der Waals surface area contributed by atoms with Gasteiger partial charge in [-0.2, -0.15) is 0 Å². The topological polar surface area (TPSA) is 91.8 Å². The number of sulfonamides is 1. The lowest BCUT2D eigenvalue weighted by Gasteiger charge is -2.10. The third-order valence-electron chi connectivity index (χ3n) is 3.20. The highest BCUT2D eigenvalue weighted by molar-refractivity contribution is 7.89. The van der Waals surface area contributed by atoms with Gasteiger partial charge in [-0.3, -0.25) is 4.99 Å². The molecule has 1 aliphatic rings. The van der Waals surface area contributed by atoms with Crippen molar-refractivity contribution in [1.29, 1.82) is 0 Å². The number of aliphatic imine (C=N–C) groups is 1. The van der Waals surface area contributed by atoms with Crippen LogP contribution in [0.2, 0.25) is 0 Å². The number of guanidine groups is 1. The zero-order valence-corrected chi connectivity index (χ0v) is 13.6. The Labute approximate surface area is 131 Å². The smallest absolute Gasteiger partial charge is 0.240 e. The molecule has 0 fully saturated rings. The molecule has 1 heterocycles. The van der Waals surface area contributed by atoms with E-state index in [1.54, 1.807) is 24.3 Å². The third-order valence-corrected chi connectivity index (χ3v) is 4.68. The molecular weight excluding hydrogens is 304 g/mol. The van der Waals surface area contributed by atoms with Gasteiger partial charge in [0.1, 0.15) is 0 Å². The molecular formula is C14H22N4O3S. The maximum Gasteiger partial charge on any atom is 0.240 e. The van der Waals surface area contributed by atoms with E-state index in [0.717, 1.165) is 18.1 Å². The van der Waals surface area contributed by atoms with Crippen LogP contribution in [0.3, 0.4) is 0 Å². The molecule has 0 amide bonds. The summed E-state index contributed by atoms with van der Waals surface area (Å²) in [6, 6.07) is 7.12. The second-order valence-corrected chi connectivity index (χ2v) is 6.89. The number of nitrogens with zero attached hydrogens (tertiary/aromatic N) is 1. The van der Waals surface area contributed by atoms with Crippen molar-refractivity contribution < 1.29 is 13.2 Å². The lowest BCUT2D eigenvalue weighted by Crippen LogP contribution is -2.37. The molecule has 0 saturated carbocycles. The molecule has 1 atom stereocenters. The molecule has 3 N–H and O–H groups in total. The van der Waals surface area contributed by atoms with Gasteiger partial charge in [0.05, 0.1) is 18.0 Å². The summed E-state index contributed by atoms with van der Waals surface area (Å²) in [5.41, 5.74) is 0.986. The van der Waals surface area contributed by atoms with Crippen LogP contribution >= 0.6 is 0 Å². The van der Waals surface area contributed by atoms with Gasteiger partial charge in [0.2, 0.25) is 10.0 Å². The molecule has 1 unspecified atom stereocenters. The molecule has 8 heteroatoms. The first-order chi connectivity index (χ1) is 10.5. The van der Waals surface area contributed by atoms with Gasteiger partial charge >= 0.3 is 0 Å². The lowest BCUT2D eigenvalue weighted by atomic mass is 10.2. The molecule has 0 bridgehead atoms. The molecule has 0 saturated heterocycles. The summed E-state index contributed by atoms with van der Waals surface area (Å²) >= 11 is 0. The maximum atomic E-state index is 12.0. The van der Waals surface area contributed by atoms with Crippen molar-refractivity contribution in [3.05, 3.63) is 29.8 Å². The number of benzene rings is 1. The van der Waals surface area contributed by atoms with Crippen LogP contribution in [-0.2, 0) is 21.3 Å². The minimum absolute atomic E-state index is 0.248. The van der Waals surface area contributed by atoms with Gasteiger partial charge in [0.15, 0.2) is 5.96 Å². The van der Waals surface area contributed by atoms with E-state index in [0.29, 0.717) is 19.2 Å². The first-order valence-corrected chi connectivity index (χ1v) is 8.62. The minimum atomic E-state index is -3.47. The molecule has 0 aliphatic carbocycles. The van der Waals surface area contributed by atoms with E-state index in [-0.39, 0.29) is 11.4 Å². The van der Waals surface area contributed by atoms with E-state index in [9.17, 15) is 8.42 Å². The van der Waals surface area contributed by atoms with Gasteiger partial charge < -0.3 is 15.4 Å². The number of nitrogens with one attached hydrogen (secondary N) is 3. The fraction of sp³-hybridized carbons (Fsp3) is 0.500. The second kappa shape index (κ2) is 7.57. The predicted octanol–water partition coefficient (Wildman–Crippen LogP) is 0.0486. The minimum Gasteiger partial charge on any atom is -0.383 e. The summed E-state index contributed by atoms with van der Waals surface area (Å²) in [7, 11) is -1.95. The van der Waals surface area contributed by atoms with Crippen LogP contribution in [0.15, 0.2) is 34.2 Å². The van der Waals surface area contributed by atoms with Crippen LogP contribution in [0, 0.1) is 0 Å². The number of hydrogen-bond donors (Lipinski definition) is 3. The maximum absolute atomic E-state index is 12.0. The first kappa shape index (κ1) is 16.7. The van der Waals surface area contributed by atoms with Crippen LogP contribution in [0.4, 0.5) is 0 Å². The van der Waals surface area contributed by atoms with Gasteiger partial charge in [-0.15, -0.1) is 0 Å². The van der Waals surface area contributed by atoms with Crippen LogP contribution in [0.5, 0.6) is 0 Å². The zero-order valence-electron chi connectivity index (χ0n) is 12.8. The first-order valence-electron chi connectivity index (χ1n) is 7.13. The largest absolute Gasteiger partial charge is 0.383 e. The molecule has 1 aromatic rings. The van der Waals surface area contributed by atoms with E-state index in [1.807, 2.05) is 0 Å². The Kier molecular flexibility index (Phi) is 5.76. The highest BCUT2D eigenvalue weighted by Crippen LogP contribution is 2.10. The van der Waals surface area contributed by atoms with Crippen molar-refractivity contribution in [3.63, 3.8) is 0 Å². The summed E-state index contributed by atoms with van der Waals surface area (Å²) in [5.74, 6) is 0.783. The van der Waals surface area contributed by atoms with Crippen molar-refractivity contribution >= 4 is 16.0 Å². The van der Waals surface area contributed by atoms with Crippen molar-refractivity contribution in [1.82, 2.24) is 15.4 Å². The number of methoxy groups -OCH3 is 1. The lowest BCUT2D eigenvalue weighted by molar-refractivity contribution is 0.204. The Morgan fingerprint density at radius 2 is 2.09 bits per heavy atom. The van der Waals surface area contributed by atoms with E-state index < -0.39 is 10.0 Å². The number of hydrogen-bond acceptors (Lipinski definition) is 6. The average molecular weight is 326 g/mol. The van der Waals surface area contributed by atoms with Gasteiger partial charge in [-0.25, -0.2) is 13.1 Å². The highest BCUT2D eigenvalue weighted by Gasteiger charge is 2.14. The summed E-state index contributed by atoms with van der Waals surface area (Å²) < 4.78 is 31.3. The number of rotatable bonds is 7. The van der Waals surface area contributed by atoms with Crippen molar-refractivity contribution in [2.24, 2.45) is 4.99 Å². The van der Waals surface area contributed by atoms with E-state index in [1.165, 1.54) is 7.11 Å². The fourth-order valence-corrected chi connectivity index (χ4v) is 3.01. The van der Waals surface area contributed by atoms with Crippen molar-refractivity contribution in [3.8, 4) is 0 Å². The quantitative estimate of drug-likeness (QED) is 0.616. The normalized spacial score (nSPS) is 17.9. The molecule has 0 aromatic heterocycles. The predicted molar refractivity (Wildman–Crippen MR) is 85.2 cm³/mol. The Morgan fingerprint density at radius 1 is 1.36 bits per heavy atom. The van der Waals surface area contributed by atoms with Crippen LogP contribution in [-0.4, -0.2) is 47.2 Å². The van der Waals surface area contributed by atoms with Crippen molar-refractivity contribution in [2.75, 3.05) is 26.8 Å². The van der Waals surface area contributed by atoms with Crippen molar-refractivity contribution in [2.45, 2.75) is 24.4 Å². The average Bonchev–Trinajstić information content (AvgIpc) is 2.91. The Morgan fingerprint density at radius 3 is 2.68 bits per heavy atom. The van der Waals surface area contributed by atoms with Gasteiger partial charge in [0.25, 0.3) is 0 Å². The van der Waals surface area contributed by atoms with Crippen LogP contribution in [0.1, 0.15) is 12.5 Å². The summed E-state index contributed by atoms with van der Waals surface area (Å²) in [5, 5.41) is 6.40. The Balaban J connectivity index is 1.89. The van der Waals surface area contributed by atoms with E-state index >= 15 is 0 Å². The van der Waals surface area contributed by atoms with Crippen LogP contribution < -0.4 is 15.4 Å². The summed E-state index contributed by atoms with van der Waals surface area (Å²) in [6.07, 6.45) is 0. The Hall–Kier alpha value is -1.64.